The fourth-order valence-electron chi connectivity index (χ4n) is 4.24. The van der Waals surface area contributed by atoms with Crippen molar-refractivity contribution in [2.24, 2.45) is 0 Å². The van der Waals surface area contributed by atoms with Crippen LogP contribution in [0.1, 0.15) is 29.9 Å². The highest BCUT2D eigenvalue weighted by Crippen LogP contribution is 2.40. The van der Waals surface area contributed by atoms with Crippen LogP contribution in [0.15, 0.2) is 45.8 Å². The zero-order valence-electron chi connectivity index (χ0n) is 17.8. The van der Waals surface area contributed by atoms with Gasteiger partial charge in [0.05, 0.1) is 30.4 Å². The normalized spacial score (nSPS) is 15.4. The molecule has 0 spiro atoms. The summed E-state index contributed by atoms with van der Waals surface area (Å²) < 4.78 is 14.6. The Bertz CT molecular complexity index is 1600. The van der Waals surface area contributed by atoms with Gasteiger partial charge in [0, 0.05) is 21.3 Å². The van der Waals surface area contributed by atoms with Crippen LogP contribution in [-0.4, -0.2) is 24.8 Å². The van der Waals surface area contributed by atoms with Crippen molar-refractivity contribution in [1.82, 2.24) is 19.2 Å². The second-order valence-corrected chi connectivity index (χ2v) is 10.6. The van der Waals surface area contributed by atoms with Gasteiger partial charge in [-0.25, -0.2) is 9.78 Å². The third kappa shape index (κ3) is 3.40. The number of benzene rings is 1. The van der Waals surface area contributed by atoms with Crippen LogP contribution in [0.4, 0.5) is 0 Å². The van der Waals surface area contributed by atoms with E-state index >= 15 is 0 Å². The number of nitrogens with zero attached hydrogens (tertiary/aromatic N) is 4. The van der Waals surface area contributed by atoms with Crippen LogP contribution in [0.3, 0.4) is 0 Å². The smallest absolute Gasteiger partial charge is 0.352 e. The monoisotopic (exact) mass is 500 g/mol. The summed E-state index contributed by atoms with van der Waals surface area (Å²) in [6.45, 7) is 4.90. The Labute approximate surface area is 202 Å². The third-order valence-electron chi connectivity index (χ3n) is 5.84. The quantitative estimate of drug-likeness (QED) is 0.323. The van der Waals surface area contributed by atoms with Gasteiger partial charge < -0.3 is 9.15 Å². The van der Waals surface area contributed by atoms with Gasteiger partial charge in [-0.15, -0.1) is 16.4 Å². The van der Waals surface area contributed by atoms with Gasteiger partial charge in [0.1, 0.15) is 4.83 Å². The van der Waals surface area contributed by atoms with Crippen molar-refractivity contribution < 1.29 is 9.15 Å². The lowest BCUT2D eigenvalue weighted by atomic mass is 9.94. The average Bonchev–Trinajstić information content (AvgIpc) is 3.49. The van der Waals surface area contributed by atoms with Crippen molar-refractivity contribution >= 4 is 50.4 Å². The van der Waals surface area contributed by atoms with E-state index in [2.05, 4.69) is 18.9 Å². The molecule has 0 amide bonds. The molecule has 5 heterocycles. The molecule has 0 bridgehead atoms. The number of rotatable bonds is 3. The molecular weight excluding hydrogens is 483 g/mol. The molecule has 1 aliphatic rings. The van der Waals surface area contributed by atoms with Crippen LogP contribution in [0.2, 0.25) is 10.0 Å². The molecule has 0 aliphatic carbocycles. The molecule has 5 aromatic rings. The summed E-state index contributed by atoms with van der Waals surface area (Å²) in [7, 11) is 0. The maximum Gasteiger partial charge on any atom is 0.352 e. The van der Waals surface area contributed by atoms with Crippen LogP contribution in [0.25, 0.3) is 27.4 Å². The summed E-state index contributed by atoms with van der Waals surface area (Å²) in [6, 6.07) is 8.83. The first-order valence-corrected chi connectivity index (χ1v) is 11.9. The maximum atomic E-state index is 13.6. The molecular formula is C23H18Cl2N4O3S. The second kappa shape index (κ2) is 7.43. The number of fused-ring (bicyclic) bond motifs is 5. The predicted octanol–water partition coefficient (Wildman–Crippen LogP) is 5.57. The minimum absolute atomic E-state index is 0.279. The Morgan fingerprint density at radius 3 is 2.85 bits per heavy atom. The van der Waals surface area contributed by atoms with Crippen LogP contribution in [0, 0.1) is 0 Å². The van der Waals surface area contributed by atoms with Crippen LogP contribution in [-0.2, 0) is 24.3 Å². The summed E-state index contributed by atoms with van der Waals surface area (Å²) >= 11 is 14.1. The summed E-state index contributed by atoms with van der Waals surface area (Å²) in [5.74, 6) is 0.873. The first-order valence-electron chi connectivity index (χ1n) is 10.4. The lowest BCUT2D eigenvalue weighted by Gasteiger charge is -2.30. The molecule has 1 aliphatic heterocycles. The van der Waals surface area contributed by atoms with E-state index in [0.29, 0.717) is 40.3 Å². The Kier molecular flexibility index (Phi) is 4.71. The van der Waals surface area contributed by atoms with Crippen LogP contribution in [0.5, 0.6) is 0 Å². The van der Waals surface area contributed by atoms with Gasteiger partial charge in [-0.3, -0.25) is 4.57 Å². The van der Waals surface area contributed by atoms with Crippen molar-refractivity contribution in [3.8, 4) is 11.6 Å². The van der Waals surface area contributed by atoms with E-state index in [9.17, 15) is 4.79 Å². The Morgan fingerprint density at radius 1 is 1.24 bits per heavy atom. The minimum atomic E-state index is -0.317. The lowest BCUT2D eigenvalue weighted by molar-refractivity contribution is -0.0379. The van der Waals surface area contributed by atoms with Gasteiger partial charge in [0.25, 0.3) is 0 Å². The number of ether oxygens (including phenoxy) is 1. The number of thiophene rings is 1. The molecule has 0 atom stereocenters. The highest BCUT2D eigenvalue weighted by Gasteiger charge is 2.32. The zero-order chi connectivity index (χ0) is 22.9. The van der Waals surface area contributed by atoms with E-state index in [1.54, 1.807) is 46.4 Å². The van der Waals surface area contributed by atoms with Crippen molar-refractivity contribution in [3.05, 3.63) is 73.1 Å². The van der Waals surface area contributed by atoms with Gasteiger partial charge >= 0.3 is 5.69 Å². The van der Waals surface area contributed by atoms with Crippen LogP contribution >= 0.6 is 34.5 Å². The van der Waals surface area contributed by atoms with Gasteiger partial charge in [-0.05, 0) is 49.2 Å². The first-order chi connectivity index (χ1) is 15.8. The van der Waals surface area contributed by atoms with Gasteiger partial charge in [-0.2, -0.15) is 4.52 Å². The van der Waals surface area contributed by atoms with Gasteiger partial charge in [0.2, 0.25) is 5.82 Å². The predicted molar refractivity (Wildman–Crippen MR) is 128 cm³/mol. The van der Waals surface area contributed by atoms with E-state index in [1.807, 2.05) is 6.07 Å². The topological polar surface area (TPSA) is 74.6 Å². The van der Waals surface area contributed by atoms with Crippen molar-refractivity contribution in [2.75, 3.05) is 0 Å². The van der Waals surface area contributed by atoms with Crippen molar-refractivity contribution in [1.29, 1.82) is 0 Å². The number of aromatic nitrogens is 4. The standard InChI is InChI=1S/C23H18Cl2N4O3S/c1-23(2)9-14-17(11-32-23)33-21-18(14)20-26-19(16-4-3-7-31-16)27-29(20)22(30)28(21)10-12-5-6-13(24)8-15(12)25/h3-8H,9-11H2,1-2H3. The SMILES string of the molecule is CC1(C)Cc2c(sc3c2c2nc(-c4ccco4)nn2c(=O)n3Cc2ccc(Cl)cc2Cl)CO1. The Balaban J connectivity index is 1.66. The molecule has 1 aromatic carbocycles. The maximum absolute atomic E-state index is 13.6. The first kappa shape index (κ1) is 20.9. The fraction of sp³-hybridized carbons (Fsp3) is 0.261. The summed E-state index contributed by atoms with van der Waals surface area (Å²) in [6.07, 6.45) is 2.27. The molecule has 0 radical (unpaired) electrons. The highest BCUT2D eigenvalue weighted by atomic mass is 35.5. The van der Waals surface area contributed by atoms with E-state index in [4.69, 9.17) is 37.3 Å². The lowest BCUT2D eigenvalue weighted by Crippen LogP contribution is -2.31. The Hall–Kier alpha value is -2.65. The van der Waals surface area contributed by atoms with E-state index in [0.717, 1.165) is 26.2 Å². The molecule has 4 aromatic heterocycles. The molecule has 0 fully saturated rings. The highest BCUT2D eigenvalue weighted by molar-refractivity contribution is 7.19. The zero-order valence-corrected chi connectivity index (χ0v) is 20.1. The Morgan fingerprint density at radius 2 is 2.09 bits per heavy atom. The van der Waals surface area contributed by atoms with Crippen LogP contribution < -0.4 is 5.69 Å². The summed E-state index contributed by atoms with van der Waals surface area (Å²) in [5, 5.41) is 6.47. The van der Waals surface area contributed by atoms with Crippen molar-refractivity contribution in [3.63, 3.8) is 0 Å². The molecule has 168 valence electrons. The summed E-state index contributed by atoms with van der Waals surface area (Å²) in [4.78, 5) is 20.3. The third-order valence-corrected chi connectivity index (χ3v) is 7.66. The number of hydrogen-bond donors (Lipinski definition) is 0. The molecule has 33 heavy (non-hydrogen) atoms. The molecule has 0 saturated carbocycles. The average molecular weight is 501 g/mol. The fourth-order valence-corrected chi connectivity index (χ4v) is 5.92. The number of halogens is 2. The molecule has 0 saturated heterocycles. The summed E-state index contributed by atoms with van der Waals surface area (Å²) in [5.41, 5.74) is 1.84. The van der Waals surface area contributed by atoms with E-state index < -0.39 is 0 Å². The van der Waals surface area contributed by atoms with Gasteiger partial charge in [-0.1, -0.05) is 29.3 Å². The molecule has 0 unspecified atom stereocenters. The molecule has 6 rings (SSSR count). The van der Waals surface area contributed by atoms with Crippen molar-refractivity contribution in [2.45, 2.75) is 39.0 Å². The molecule has 7 nitrogen and oxygen atoms in total. The molecule has 10 heteroatoms. The van der Waals surface area contributed by atoms with Gasteiger partial charge in [0.15, 0.2) is 11.4 Å². The number of hydrogen-bond acceptors (Lipinski definition) is 6. The second-order valence-electron chi connectivity index (χ2n) is 8.66. The largest absolute Gasteiger partial charge is 0.461 e. The van der Waals surface area contributed by atoms with E-state index in [1.165, 1.54) is 4.52 Å². The van der Waals surface area contributed by atoms with E-state index in [-0.39, 0.29) is 17.8 Å². The molecule has 0 N–H and O–H groups in total. The number of furan rings is 1. The minimum Gasteiger partial charge on any atom is -0.461 e.